The number of nitrogens with two attached hydrogens (primary N) is 1. The molecule has 0 aromatic heterocycles. The molecule has 110 valence electrons. The molecule has 1 heterocycles. The van der Waals surface area contributed by atoms with Crippen LogP contribution in [-0.2, 0) is 6.42 Å². The second-order valence-corrected chi connectivity index (χ2v) is 6.75. The third-order valence-electron chi connectivity index (χ3n) is 5.47. The van der Waals surface area contributed by atoms with Gasteiger partial charge in [0.25, 0.3) is 0 Å². The Morgan fingerprint density at radius 1 is 0.900 bits per heavy atom. The molecule has 1 aromatic rings. The smallest absolute Gasteiger partial charge is 0.0366 e. The van der Waals surface area contributed by atoms with E-state index in [0.717, 1.165) is 13.0 Å². The van der Waals surface area contributed by atoms with Gasteiger partial charge in [0.05, 0.1) is 0 Å². The van der Waals surface area contributed by atoms with Gasteiger partial charge < -0.3 is 10.6 Å². The van der Waals surface area contributed by atoms with Gasteiger partial charge in [0.1, 0.15) is 0 Å². The lowest BCUT2D eigenvalue weighted by molar-refractivity contribution is 0.144. The van der Waals surface area contributed by atoms with Gasteiger partial charge in [-0.25, -0.2) is 0 Å². The maximum atomic E-state index is 5.61. The van der Waals surface area contributed by atoms with Crippen LogP contribution >= 0.6 is 0 Å². The first-order valence-electron chi connectivity index (χ1n) is 8.35. The SMILES string of the molecule is NCCc1ccc(N2CCC3(CCCCC3)CC2)cc1. The van der Waals surface area contributed by atoms with Crippen LogP contribution in [0, 0.1) is 5.41 Å². The molecule has 1 saturated carbocycles. The molecule has 0 bridgehead atoms. The Morgan fingerprint density at radius 2 is 1.55 bits per heavy atom. The Kier molecular flexibility index (Phi) is 4.30. The predicted molar refractivity (Wildman–Crippen MR) is 86.2 cm³/mol. The molecule has 1 aliphatic heterocycles. The Labute approximate surface area is 123 Å². The van der Waals surface area contributed by atoms with E-state index in [1.165, 1.54) is 69.3 Å². The Balaban J connectivity index is 1.59. The van der Waals surface area contributed by atoms with Gasteiger partial charge in [-0.15, -0.1) is 0 Å². The number of piperidine rings is 1. The molecule has 2 aliphatic rings. The van der Waals surface area contributed by atoms with Crippen molar-refractivity contribution >= 4 is 5.69 Å². The third kappa shape index (κ3) is 3.01. The highest BCUT2D eigenvalue weighted by molar-refractivity contribution is 5.48. The molecule has 1 spiro atoms. The summed E-state index contributed by atoms with van der Waals surface area (Å²) in [5.74, 6) is 0. The zero-order chi connectivity index (χ0) is 13.8. The third-order valence-corrected chi connectivity index (χ3v) is 5.47. The van der Waals surface area contributed by atoms with E-state index in [1.54, 1.807) is 0 Å². The second kappa shape index (κ2) is 6.17. The quantitative estimate of drug-likeness (QED) is 0.908. The number of hydrogen-bond donors (Lipinski definition) is 1. The van der Waals surface area contributed by atoms with Crippen molar-refractivity contribution in [3.05, 3.63) is 29.8 Å². The van der Waals surface area contributed by atoms with E-state index in [-0.39, 0.29) is 0 Å². The minimum Gasteiger partial charge on any atom is -0.371 e. The maximum Gasteiger partial charge on any atom is 0.0366 e. The van der Waals surface area contributed by atoms with Crippen LogP contribution in [0.15, 0.2) is 24.3 Å². The Hall–Kier alpha value is -1.02. The van der Waals surface area contributed by atoms with E-state index in [9.17, 15) is 0 Å². The summed E-state index contributed by atoms with van der Waals surface area (Å²) in [6.45, 7) is 3.23. The minimum atomic E-state index is 0.703. The Bertz CT molecular complexity index is 408. The first-order chi connectivity index (χ1) is 9.81. The molecule has 1 aliphatic carbocycles. The fourth-order valence-electron chi connectivity index (χ4n) is 4.08. The zero-order valence-corrected chi connectivity index (χ0v) is 12.6. The molecule has 0 amide bonds. The summed E-state index contributed by atoms with van der Waals surface area (Å²) in [7, 11) is 0. The van der Waals surface area contributed by atoms with Crippen molar-refractivity contribution in [2.45, 2.75) is 51.4 Å². The van der Waals surface area contributed by atoms with Crippen LogP contribution < -0.4 is 10.6 Å². The number of hydrogen-bond acceptors (Lipinski definition) is 2. The predicted octanol–water partition coefficient (Wildman–Crippen LogP) is 3.74. The summed E-state index contributed by atoms with van der Waals surface area (Å²) in [5.41, 5.74) is 9.07. The fourth-order valence-corrected chi connectivity index (χ4v) is 4.08. The number of benzene rings is 1. The first kappa shape index (κ1) is 13.9. The molecule has 2 N–H and O–H groups in total. The van der Waals surface area contributed by atoms with E-state index >= 15 is 0 Å². The van der Waals surface area contributed by atoms with Gasteiger partial charge in [-0.3, -0.25) is 0 Å². The topological polar surface area (TPSA) is 29.3 Å². The van der Waals surface area contributed by atoms with Crippen molar-refractivity contribution < 1.29 is 0 Å². The lowest BCUT2D eigenvalue weighted by Gasteiger charge is -2.45. The summed E-state index contributed by atoms with van der Waals surface area (Å²) in [5, 5.41) is 0. The number of anilines is 1. The van der Waals surface area contributed by atoms with Gasteiger partial charge in [0.2, 0.25) is 0 Å². The molecule has 0 unspecified atom stereocenters. The zero-order valence-electron chi connectivity index (χ0n) is 12.6. The van der Waals surface area contributed by atoms with Crippen LogP contribution in [0.3, 0.4) is 0 Å². The summed E-state index contributed by atoms with van der Waals surface area (Å²) < 4.78 is 0. The van der Waals surface area contributed by atoms with Crippen LogP contribution in [0.25, 0.3) is 0 Å². The molecule has 2 fully saturated rings. The van der Waals surface area contributed by atoms with Gasteiger partial charge in [-0.2, -0.15) is 0 Å². The Morgan fingerprint density at radius 3 is 2.15 bits per heavy atom. The molecular weight excluding hydrogens is 244 g/mol. The lowest BCUT2D eigenvalue weighted by atomic mass is 9.68. The van der Waals surface area contributed by atoms with Gasteiger partial charge in [-0.1, -0.05) is 31.4 Å². The van der Waals surface area contributed by atoms with E-state index in [4.69, 9.17) is 5.73 Å². The summed E-state index contributed by atoms with van der Waals surface area (Å²) in [4.78, 5) is 2.58. The molecule has 1 aromatic carbocycles. The first-order valence-corrected chi connectivity index (χ1v) is 8.35. The largest absolute Gasteiger partial charge is 0.371 e. The molecule has 2 nitrogen and oxygen atoms in total. The second-order valence-electron chi connectivity index (χ2n) is 6.75. The van der Waals surface area contributed by atoms with Crippen LogP contribution in [-0.4, -0.2) is 19.6 Å². The maximum absolute atomic E-state index is 5.61. The normalized spacial score (nSPS) is 22.1. The summed E-state index contributed by atoms with van der Waals surface area (Å²) in [6, 6.07) is 9.05. The molecule has 1 saturated heterocycles. The highest BCUT2D eigenvalue weighted by Gasteiger charge is 2.35. The summed E-state index contributed by atoms with van der Waals surface area (Å²) >= 11 is 0. The average molecular weight is 272 g/mol. The van der Waals surface area contributed by atoms with Gasteiger partial charge in [-0.05, 0) is 61.8 Å². The van der Waals surface area contributed by atoms with E-state index < -0.39 is 0 Å². The lowest BCUT2D eigenvalue weighted by Crippen LogP contribution is -2.41. The van der Waals surface area contributed by atoms with Crippen molar-refractivity contribution in [2.24, 2.45) is 11.1 Å². The van der Waals surface area contributed by atoms with E-state index in [1.807, 2.05) is 0 Å². The van der Waals surface area contributed by atoms with Crippen LogP contribution in [0.2, 0.25) is 0 Å². The molecule has 20 heavy (non-hydrogen) atoms. The average Bonchev–Trinajstić information content (AvgIpc) is 2.50. The van der Waals surface area contributed by atoms with Crippen molar-refractivity contribution in [1.29, 1.82) is 0 Å². The van der Waals surface area contributed by atoms with E-state index in [0.29, 0.717) is 5.41 Å². The monoisotopic (exact) mass is 272 g/mol. The molecule has 3 rings (SSSR count). The highest BCUT2D eigenvalue weighted by Crippen LogP contribution is 2.45. The van der Waals surface area contributed by atoms with E-state index in [2.05, 4.69) is 29.2 Å². The molecule has 0 radical (unpaired) electrons. The molecule has 0 atom stereocenters. The molecular formula is C18H28N2. The van der Waals surface area contributed by atoms with Gasteiger partial charge in [0.15, 0.2) is 0 Å². The van der Waals surface area contributed by atoms with Crippen LogP contribution in [0.5, 0.6) is 0 Å². The minimum absolute atomic E-state index is 0.703. The number of rotatable bonds is 3. The van der Waals surface area contributed by atoms with Crippen molar-refractivity contribution in [2.75, 3.05) is 24.5 Å². The fraction of sp³-hybridized carbons (Fsp3) is 0.667. The summed E-state index contributed by atoms with van der Waals surface area (Å²) in [6.07, 6.45) is 11.2. The van der Waals surface area contributed by atoms with Crippen molar-refractivity contribution in [3.63, 3.8) is 0 Å². The van der Waals surface area contributed by atoms with Gasteiger partial charge in [0, 0.05) is 18.8 Å². The van der Waals surface area contributed by atoms with Crippen LogP contribution in [0.1, 0.15) is 50.5 Å². The standard InChI is InChI=1S/C18H28N2/c19-13-8-16-4-6-17(7-5-16)20-14-11-18(12-15-20)9-2-1-3-10-18/h4-7H,1-3,8-15,19H2. The highest BCUT2D eigenvalue weighted by atomic mass is 15.1. The van der Waals surface area contributed by atoms with Gasteiger partial charge >= 0.3 is 0 Å². The van der Waals surface area contributed by atoms with Crippen molar-refractivity contribution in [1.82, 2.24) is 0 Å². The van der Waals surface area contributed by atoms with Crippen LogP contribution in [0.4, 0.5) is 5.69 Å². The molecule has 2 heteroatoms. The van der Waals surface area contributed by atoms with Crippen molar-refractivity contribution in [3.8, 4) is 0 Å². The number of nitrogens with zero attached hydrogens (tertiary/aromatic N) is 1.